The van der Waals surface area contributed by atoms with Crippen LogP contribution in [0.1, 0.15) is 183 Å². The zero-order chi connectivity index (χ0) is 43.4. The first-order valence-corrected chi connectivity index (χ1v) is 24.4. The largest absolute Gasteiger partial charge is 0.393 e. The number of allylic oxidation sites excluding steroid dienone is 4. The molecule has 3 rings (SSSR count). The van der Waals surface area contributed by atoms with E-state index in [0.29, 0.717) is 60.7 Å². The first-order valence-electron chi connectivity index (χ1n) is 24.4. The molecular weight excluding hydrogens is 743 g/mol. The summed E-state index contributed by atoms with van der Waals surface area (Å²) in [5.74, 6) is 4.01. The summed E-state index contributed by atoms with van der Waals surface area (Å²) in [5, 5.41) is 56.0. The van der Waals surface area contributed by atoms with Gasteiger partial charge in [-0.05, 0) is 132 Å². The van der Waals surface area contributed by atoms with E-state index in [1.165, 1.54) is 39.2 Å². The SMILES string of the molecule is CCC(O)(C(C)CCC(C)CCC(C)C/C=C/C=C/CCC(C)C1C(O)OC2C(CCC(O)CCCCC3CCCC(C(C)=O)C3)C21)C(O)CCCCCNC(O)OC. The van der Waals surface area contributed by atoms with Crippen LogP contribution in [0.25, 0.3) is 0 Å². The number of ether oxygens (including phenoxy) is 2. The number of methoxy groups -OCH3 is 1. The van der Waals surface area contributed by atoms with Gasteiger partial charge in [0.15, 0.2) is 6.29 Å². The van der Waals surface area contributed by atoms with Crippen LogP contribution in [0.3, 0.4) is 0 Å². The van der Waals surface area contributed by atoms with E-state index in [4.69, 9.17) is 9.47 Å². The lowest BCUT2D eigenvalue weighted by Gasteiger charge is -2.38. The first kappa shape index (κ1) is 52.2. The summed E-state index contributed by atoms with van der Waals surface area (Å²) in [7, 11) is 1.45. The molecule has 0 amide bonds. The van der Waals surface area contributed by atoms with Crippen molar-refractivity contribution in [1.29, 1.82) is 0 Å². The van der Waals surface area contributed by atoms with Crippen LogP contribution in [0.15, 0.2) is 24.3 Å². The van der Waals surface area contributed by atoms with E-state index in [1.54, 1.807) is 6.92 Å². The Balaban J connectivity index is 1.22. The Hall–Kier alpha value is -1.17. The van der Waals surface area contributed by atoms with E-state index < -0.39 is 24.4 Å². The predicted octanol–water partition coefficient (Wildman–Crippen LogP) is 9.62. The average molecular weight is 834 g/mol. The Morgan fingerprint density at radius 3 is 2.31 bits per heavy atom. The van der Waals surface area contributed by atoms with Crippen LogP contribution >= 0.6 is 0 Å². The summed E-state index contributed by atoms with van der Waals surface area (Å²) < 4.78 is 10.8. The Morgan fingerprint density at radius 1 is 0.864 bits per heavy atom. The van der Waals surface area contributed by atoms with E-state index in [9.17, 15) is 30.3 Å². The van der Waals surface area contributed by atoms with Gasteiger partial charge in [0.1, 0.15) is 5.78 Å². The van der Waals surface area contributed by atoms with Crippen LogP contribution in [0.4, 0.5) is 0 Å². The number of hydrogen-bond acceptors (Lipinski definition) is 9. The normalized spacial score (nSPS) is 29.2. The van der Waals surface area contributed by atoms with Crippen molar-refractivity contribution in [2.75, 3.05) is 13.7 Å². The Kier molecular flexibility index (Phi) is 24.6. The number of ketones is 1. The van der Waals surface area contributed by atoms with Gasteiger partial charge < -0.3 is 35.0 Å². The lowest BCUT2D eigenvalue weighted by Crippen LogP contribution is -2.47. The number of carbonyl (C=O) groups excluding carboxylic acids is 1. The quantitative estimate of drug-likeness (QED) is 0.0216. The summed E-state index contributed by atoms with van der Waals surface area (Å²) in [4.78, 5) is 11.8. The van der Waals surface area contributed by atoms with Crippen molar-refractivity contribution in [2.45, 2.75) is 219 Å². The van der Waals surface area contributed by atoms with E-state index in [2.05, 4.69) is 57.3 Å². The summed E-state index contributed by atoms with van der Waals surface area (Å²) in [5.41, 5.74) is -1.06. The molecule has 1 aliphatic heterocycles. The lowest BCUT2D eigenvalue weighted by molar-refractivity contribution is -0.126. The fourth-order valence-corrected chi connectivity index (χ4v) is 10.6. The first-order chi connectivity index (χ1) is 28.2. The second kappa shape index (κ2) is 27.8. The summed E-state index contributed by atoms with van der Waals surface area (Å²) >= 11 is 0. The number of unbranched alkanes of at least 4 members (excludes halogenated alkanes) is 3. The van der Waals surface area contributed by atoms with Gasteiger partial charge in [-0.2, -0.15) is 0 Å². The molecule has 3 fully saturated rings. The van der Waals surface area contributed by atoms with Crippen LogP contribution in [0, 0.1) is 53.3 Å². The molecule has 15 atom stereocenters. The molecule has 2 saturated carbocycles. The van der Waals surface area contributed by atoms with E-state index >= 15 is 0 Å². The van der Waals surface area contributed by atoms with Gasteiger partial charge in [0, 0.05) is 18.9 Å². The molecule has 9 heteroatoms. The van der Waals surface area contributed by atoms with Gasteiger partial charge in [-0.25, -0.2) is 0 Å². The maximum atomic E-state index is 11.8. The fraction of sp³-hybridized carbons (Fsp3) is 0.900. The third-order valence-corrected chi connectivity index (χ3v) is 15.1. The number of fused-ring (bicyclic) bond motifs is 1. The monoisotopic (exact) mass is 834 g/mol. The predicted molar refractivity (Wildman–Crippen MR) is 239 cm³/mol. The molecule has 0 spiro atoms. The zero-order valence-corrected chi connectivity index (χ0v) is 38.6. The Labute approximate surface area is 360 Å². The second-order valence-corrected chi connectivity index (χ2v) is 19.8. The highest BCUT2D eigenvalue weighted by Gasteiger charge is 2.63. The van der Waals surface area contributed by atoms with Crippen LogP contribution in [-0.2, 0) is 14.3 Å². The fourth-order valence-electron chi connectivity index (χ4n) is 10.6. The second-order valence-electron chi connectivity index (χ2n) is 19.8. The summed E-state index contributed by atoms with van der Waals surface area (Å²) in [6, 6.07) is 0. The van der Waals surface area contributed by atoms with E-state index in [-0.39, 0.29) is 30.0 Å². The van der Waals surface area contributed by atoms with Crippen LogP contribution < -0.4 is 5.32 Å². The number of aliphatic hydroxyl groups is 5. The molecule has 0 bridgehead atoms. The number of hydrogen-bond donors (Lipinski definition) is 6. The van der Waals surface area contributed by atoms with Gasteiger partial charge in [-0.3, -0.25) is 10.1 Å². The molecule has 3 aliphatic rings. The van der Waals surface area contributed by atoms with Gasteiger partial charge in [0.2, 0.25) is 6.41 Å². The Bertz CT molecular complexity index is 1200. The van der Waals surface area contributed by atoms with Gasteiger partial charge in [-0.1, -0.05) is 123 Å². The van der Waals surface area contributed by atoms with Crippen molar-refractivity contribution < 1.29 is 39.8 Å². The molecule has 9 nitrogen and oxygen atoms in total. The third-order valence-electron chi connectivity index (χ3n) is 15.1. The minimum absolute atomic E-state index is 0.0321. The number of Topliss-reactive ketones (excluding diaryl/α,β-unsaturated/α-hetero) is 1. The molecule has 1 heterocycles. The molecule has 59 heavy (non-hydrogen) atoms. The van der Waals surface area contributed by atoms with Crippen LogP contribution in [0.2, 0.25) is 0 Å². The average Bonchev–Trinajstić information content (AvgIpc) is 3.76. The molecule has 2 aliphatic carbocycles. The van der Waals surface area contributed by atoms with Crippen molar-refractivity contribution in [2.24, 2.45) is 53.3 Å². The summed E-state index contributed by atoms with van der Waals surface area (Å²) in [6.45, 7) is 13.4. The molecule has 6 N–H and O–H groups in total. The number of rotatable bonds is 33. The Morgan fingerprint density at radius 2 is 1.58 bits per heavy atom. The number of carbonyl (C=O) groups is 1. The highest BCUT2D eigenvalue weighted by Crippen LogP contribution is 2.59. The number of aliphatic hydroxyl groups excluding tert-OH is 4. The molecule has 0 aromatic carbocycles. The molecule has 344 valence electrons. The number of nitrogens with one attached hydrogen (secondary N) is 1. The van der Waals surface area contributed by atoms with Crippen molar-refractivity contribution in [3.63, 3.8) is 0 Å². The molecular formula is C50H91NO8. The molecule has 1 saturated heterocycles. The summed E-state index contributed by atoms with van der Waals surface area (Å²) in [6.07, 6.45) is 28.2. The van der Waals surface area contributed by atoms with Crippen molar-refractivity contribution in [1.82, 2.24) is 5.32 Å². The minimum atomic E-state index is -1.06. The topological polar surface area (TPSA) is 149 Å². The molecule has 15 unspecified atom stereocenters. The van der Waals surface area contributed by atoms with Gasteiger partial charge in [0.25, 0.3) is 0 Å². The smallest absolute Gasteiger partial charge is 0.213 e. The third kappa shape index (κ3) is 18.2. The van der Waals surface area contributed by atoms with Crippen molar-refractivity contribution in [3.05, 3.63) is 24.3 Å². The standard InChI is InChI=1S/C50H91NO8/c1-8-50(57,44(54)26-15-12-18-33-51-49(56)58-7)38(5)30-29-36(3)28-27-35(2)20-13-10-9-11-14-21-37(4)45-46-43(47(46)59-48(45)55)32-31-42(53)25-17-16-22-40-23-19-24-41(34-40)39(6)52/h9-11,13,35-38,40-49,51,53-57H,8,12,14-34H2,1-7H3/b11-9+,13-10+. The molecule has 0 aromatic heterocycles. The lowest BCUT2D eigenvalue weighted by atomic mass is 9.76. The van der Waals surface area contributed by atoms with E-state index in [1.807, 2.05) is 6.92 Å². The van der Waals surface area contributed by atoms with Gasteiger partial charge >= 0.3 is 0 Å². The van der Waals surface area contributed by atoms with Gasteiger partial charge in [-0.15, -0.1) is 0 Å². The van der Waals surface area contributed by atoms with Crippen LogP contribution in [0.5, 0.6) is 0 Å². The zero-order valence-electron chi connectivity index (χ0n) is 38.6. The molecule has 0 radical (unpaired) electrons. The highest BCUT2D eigenvalue weighted by atomic mass is 16.6. The maximum Gasteiger partial charge on any atom is 0.213 e. The van der Waals surface area contributed by atoms with Crippen molar-refractivity contribution >= 4 is 5.78 Å². The van der Waals surface area contributed by atoms with Gasteiger partial charge in [0.05, 0.1) is 23.9 Å². The van der Waals surface area contributed by atoms with Crippen LogP contribution in [-0.4, -0.2) is 81.6 Å². The highest BCUT2D eigenvalue weighted by molar-refractivity contribution is 5.78. The molecule has 0 aromatic rings. The van der Waals surface area contributed by atoms with E-state index in [0.717, 1.165) is 96.3 Å². The minimum Gasteiger partial charge on any atom is -0.393 e. The van der Waals surface area contributed by atoms with Crippen molar-refractivity contribution in [3.8, 4) is 0 Å². The maximum absolute atomic E-state index is 11.8.